The van der Waals surface area contributed by atoms with E-state index in [1.54, 1.807) is 0 Å². The van der Waals surface area contributed by atoms with Gasteiger partial charge in [0.2, 0.25) is 0 Å². The van der Waals surface area contributed by atoms with E-state index in [0.29, 0.717) is 0 Å². The quantitative estimate of drug-likeness (QED) is 0.475. The molecule has 6 radical (unpaired) electrons. The molecule has 0 aliphatic carbocycles. The first kappa shape index (κ1) is 7.04. The second-order valence-corrected chi connectivity index (χ2v) is 3.11. The molecule has 0 aromatic carbocycles. The Bertz CT molecular complexity index is 32.5. The van der Waals surface area contributed by atoms with Gasteiger partial charge in [-0.3, -0.25) is 0 Å². The molecule has 0 saturated heterocycles. The summed E-state index contributed by atoms with van der Waals surface area (Å²) in [5.74, 6) is 0. The van der Waals surface area contributed by atoms with Crippen LogP contribution < -0.4 is 0 Å². The first-order valence-corrected chi connectivity index (χ1v) is 2.91. The minimum atomic E-state index is -0.543. The van der Waals surface area contributed by atoms with Gasteiger partial charge in [0.15, 0.2) is 0 Å². The minimum absolute atomic E-state index is 0.543. The SMILES string of the molecule is [Si]N([Si])B(Cl)Cl. The van der Waals surface area contributed by atoms with E-state index >= 15 is 0 Å². The maximum absolute atomic E-state index is 5.21. The highest BCUT2D eigenvalue weighted by atomic mass is 35.5. The lowest BCUT2D eigenvalue weighted by molar-refractivity contribution is 1.16. The molecule has 0 amide bonds. The van der Waals surface area contributed by atoms with Gasteiger partial charge < -0.3 is 4.14 Å². The molecule has 0 N–H and O–H groups in total. The van der Waals surface area contributed by atoms with Crippen LogP contribution in [0.4, 0.5) is 0 Å². The van der Waals surface area contributed by atoms with Gasteiger partial charge in [-0.2, -0.15) is 22.9 Å². The van der Waals surface area contributed by atoms with Gasteiger partial charge in [0.25, 0.3) is 0 Å². The van der Waals surface area contributed by atoms with Crippen molar-refractivity contribution in [3.63, 3.8) is 0 Å². The van der Waals surface area contributed by atoms with Crippen molar-refractivity contribution in [1.29, 1.82) is 0 Å². The van der Waals surface area contributed by atoms with Crippen molar-refractivity contribution in [2.45, 2.75) is 0 Å². The highest BCUT2D eigenvalue weighted by molar-refractivity contribution is 7.34. The smallest absolute Gasteiger partial charge is 0.367 e. The molecule has 30 valence electrons. The molecule has 0 unspecified atom stereocenters. The van der Waals surface area contributed by atoms with Gasteiger partial charge in [-0.05, 0) is 0 Å². The van der Waals surface area contributed by atoms with Crippen LogP contribution in [-0.2, 0) is 0 Å². The van der Waals surface area contributed by atoms with Gasteiger partial charge in [0.05, 0.1) is 0 Å². The van der Waals surface area contributed by atoms with Crippen molar-refractivity contribution in [2.24, 2.45) is 0 Å². The molecular formula is BCl2NSi2. The fraction of sp³-hybridized carbons (Fsp3) is 0. The summed E-state index contributed by atoms with van der Waals surface area (Å²) in [4.78, 5) is 0. The van der Waals surface area contributed by atoms with E-state index in [9.17, 15) is 0 Å². The molecule has 0 heterocycles. The lowest BCUT2D eigenvalue weighted by atomic mass is 10.4. The molecule has 0 aromatic rings. The normalized spacial score (nSPS) is 9.50. The largest absolute Gasteiger partial charge is 0.420 e. The number of rotatable bonds is 1. The first-order chi connectivity index (χ1) is 2.64. The summed E-state index contributed by atoms with van der Waals surface area (Å²) in [7, 11) is 5.93. The fourth-order valence-electron chi connectivity index (χ4n) is 0. The monoisotopic (exact) mass is 151 g/mol. The van der Waals surface area contributed by atoms with Crippen molar-refractivity contribution < 1.29 is 0 Å². The van der Waals surface area contributed by atoms with Crippen LogP contribution in [0.3, 0.4) is 0 Å². The summed E-state index contributed by atoms with van der Waals surface area (Å²) in [6, 6.07) is 0. The van der Waals surface area contributed by atoms with E-state index in [2.05, 4.69) is 20.8 Å². The average Bonchev–Trinajstić information content (AvgIpc) is 1.36. The Balaban J connectivity index is 2.99. The van der Waals surface area contributed by atoms with Crippen LogP contribution in [0.2, 0.25) is 0 Å². The zero-order valence-corrected chi connectivity index (χ0v) is 6.29. The number of nitrogens with zero attached hydrogens (tertiary/aromatic N) is 1. The number of halogens is 2. The Hall–Kier alpha value is 1.04. The van der Waals surface area contributed by atoms with E-state index in [-0.39, 0.29) is 0 Å². The molecule has 0 bridgehead atoms. The van der Waals surface area contributed by atoms with Crippen LogP contribution in [0.15, 0.2) is 0 Å². The third-order valence-corrected chi connectivity index (χ3v) is 1.76. The Morgan fingerprint density at radius 1 is 1.33 bits per heavy atom. The molecule has 0 saturated carbocycles. The third-order valence-electron chi connectivity index (χ3n) is 0.195. The van der Waals surface area contributed by atoms with Gasteiger partial charge in [0, 0.05) is 0 Å². The molecule has 0 atom stereocenters. The molecule has 0 rings (SSSR count). The predicted molar refractivity (Wildman–Crippen MR) is 30.8 cm³/mol. The lowest BCUT2D eigenvalue weighted by Crippen LogP contribution is -2.24. The number of hydrogen-bond acceptors (Lipinski definition) is 1. The van der Waals surface area contributed by atoms with Crippen LogP contribution in [0, 0.1) is 0 Å². The third kappa shape index (κ3) is 3.24. The van der Waals surface area contributed by atoms with E-state index < -0.39 is 5.68 Å². The number of hydrogen-bond donors (Lipinski definition) is 0. The van der Waals surface area contributed by atoms with E-state index in [0.717, 1.165) is 0 Å². The van der Waals surface area contributed by atoms with E-state index in [4.69, 9.17) is 22.9 Å². The molecule has 6 heteroatoms. The minimum Gasteiger partial charge on any atom is -0.367 e. The second-order valence-electron chi connectivity index (χ2n) is 0.648. The first-order valence-electron chi connectivity index (χ1n) is 1.14. The van der Waals surface area contributed by atoms with Crippen molar-refractivity contribution in [1.82, 2.24) is 4.14 Å². The van der Waals surface area contributed by atoms with Crippen LogP contribution in [0.1, 0.15) is 0 Å². The molecule has 0 aromatic heterocycles. The topological polar surface area (TPSA) is 3.24 Å². The Kier molecular flexibility index (Phi) is 3.63. The van der Waals surface area contributed by atoms with E-state index in [1.165, 1.54) is 4.14 Å². The molecular weight excluding hydrogens is 152 g/mol. The lowest BCUT2D eigenvalue weighted by Gasteiger charge is -2.02. The Morgan fingerprint density at radius 3 is 1.50 bits per heavy atom. The predicted octanol–water partition coefficient (Wildman–Crippen LogP) is -0.0821. The maximum Gasteiger partial charge on any atom is 0.420 e. The zero-order valence-electron chi connectivity index (χ0n) is 2.78. The molecule has 0 aliphatic rings. The molecule has 0 aliphatic heterocycles. The van der Waals surface area contributed by atoms with Gasteiger partial charge in [-0.1, -0.05) is 0 Å². The highest BCUT2D eigenvalue weighted by Gasteiger charge is 2.05. The second kappa shape index (κ2) is 3.09. The average molecular weight is 152 g/mol. The highest BCUT2D eigenvalue weighted by Crippen LogP contribution is 1.94. The van der Waals surface area contributed by atoms with Gasteiger partial charge in [0.1, 0.15) is 20.8 Å². The van der Waals surface area contributed by atoms with Crippen molar-refractivity contribution >= 4 is 49.4 Å². The summed E-state index contributed by atoms with van der Waals surface area (Å²) in [6.07, 6.45) is 0. The van der Waals surface area contributed by atoms with E-state index in [1.807, 2.05) is 0 Å². The van der Waals surface area contributed by atoms with Gasteiger partial charge in [-0.25, -0.2) is 0 Å². The van der Waals surface area contributed by atoms with Gasteiger partial charge >= 0.3 is 5.68 Å². The van der Waals surface area contributed by atoms with Crippen LogP contribution in [0.25, 0.3) is 0 Å². The van der Waals surface area contributed by atoms with Crippen molar-refractivity contribution in [3.05, 3.63) is 0 Å². The fourth-order valence-corrected chi connectivity index (χ4v) is 0. The molecule has 6 heavy (non-hydrogen) atoms. The standard InChI is InChI=1S/BCl2NSi2/c2-1(3)4(5)6. The zero-order chi connectivity index (χ0) is 5.15. The summed E-state index contributed by atoms with van der Waals surface area (Å²) in [5.41, 5.74) is -0.543. The van der Waals surface area contributed by atoms with Crippen LogP contribution in [-0.4, -0.2) is 30.6 Å². The van der Waals surface area contributed by atoms with Crippen LogP contribution in [0.5, 0.6) is 0 Å². The Morgan fingerprint density at radius 2 is 1.50 bits per heavy atom. The molecule has 0 fully saturated rings. The Labute approximate surface area is 53.9 Å². The summed E-state index contributed by atoms with van der Waals surface area (Å²) >= 11 is 10.4. The van der Waals surface area contributed by atoms with Crippen molar-refractivity contribution in [3.8, 4) is 0 Å². The molecule has 0 spiro atoms. The summed E-state index contributed by atoms with van der Waals surface area (Å²) in [5, 5.41) is 0. The summed E-state index contributed by atoms with van der Waals surface area (Å²) in [6.45, 7) is 0. The maximum atomic E-state index is 5.21. The van der Waals surface area contributed by atoms with Crippen LogP contribution >= 0.6 is 22.9 Å². The molecule has 1 nitrogen and oxygen atoms in total. The van der Waals surface area contributed by atoms with Crippen molar-refractivity contribution in [2.75, 3.05) is 0 Å². The van der Waals surface area contributed by atoms with Gasteiger partial charge in [-0.15, -0.1) is 0 Å². The summed E-state index contributed by atoms with van der Waals surface area (Å²) < 4.78 is 1.31.